The molecule has 2 saturated heterocycles. The molecule has 126 valence electrons. The van der Waals surface area contributed by atoms with E-state index in [1.54, 1.807) is 6.92 Å². The van der Waals surface area contributed by atoms with Crippen molar-refractivity contribution >= 4 is 17.2 Å². The zero-order valence-electron chi connectivity index (χ0n) is 14.6. The maximum Gasteiger partial charge on any atom is 0.163 e. The lowest BCUT2D eigenvalue weighted by Gasteiger charge is -2.38. The van der Waals surface area contributed by atoms with Crippen LogP contribution in [0.2, 0.25) is 0 Å². The van der Waals surface area contributed by atoms with Crippen molar-refractivity contribution in [1.82, 2.24) is 9.80 Å². The number of hydrogen-bond acceptors (Lipinski definition) is 5. The van der Waals surface area contributed by atoms with Crippen molar-refractivity contribution in [2.75, 3.05) is 76.3 Å². The van der Waals surface area contributed by atoms with Crippen molar-refractivity contribution < 1.29 is 4.79 Å². The molecular formula is C18H28N4O. The lowest BCUT2D eigenvalue weighted by molar-refractivity contribution is 0.101. The number of carbonyl (C=O) groups excluding carboxylic acids is 1. The Morgan fingerprint density at radius 3 is 1.52 bits per heavy atom. The average Bonchev–Trinajstić information content (AvgIpc) is 2.55. The van der Waals surface area contributed by atoms with Gasteiger partial charge in [-0.05, 0) is 33.2 Å². The summed E-state index contributed by atoms with van der Waals surface area (Å²) in [6, 6.07) is 6.33. The van der Waals surface area contributed by atoms with E-state index >= 15 is 0 Å². The van der Waals surface area contributed by atoms with Gasteiger partial charge in [-0.3, -0.25) is 4.79 Å². The van der Waals surface area contributed by atoms with Gasteiger partial charge in [-0.2, -0.15) is 0 Å². The molecule has 2 aliphatic heterocycles. The van der Waals surface area contributed by atoms with Crippen molar-refractivity contribution in [3.8, 4) is 0 Å². The lowest BCUT2D eigenvalue weighted by Crippen LogP contribution is -2.46. The van der Waals surface area contributed by atoms with Crippen LogP contribution in [0, 0.1) is 0 Å². The predicted octanol–water partition coefficient (Wildman–Crippen LogP) is 1.39. The molecule has 5 nitrogen and oxygen atoms in total. The second kappa shape index (κ2) is 6.89. The van der Waals surface area contributed by atoms with Crippen molar-refractivity contribution in [2.45, 2.75) is 6.92 Å². The third-order valence-corrected chi connectivity index (χ3v) is 5.06. The molecule has 0 unspecified atom stereocenters. The van der Waals surface area contributed by atoms with E-state index in [1.165, 1.54) is 0 Å². The summed E-state index contributed by atoms with van der Waals surface area (Å²) in [5, 5.41) is 0. The van der Waals surface area contributed by atoms with Crippen LogP contribution < -0.4 is 9.80 Å². The molecule has 0 spiro atoms. The number of likely N-dealkylation sites (N-methyl/N-ethyl adjacent to an activating group) is 2. The number of benzene rings is 1. The Morgan fingerprint density at radius 1 is 0.783 bits per heavy atom. The van der Waals surface area contributed by atoms with E-state index in [2.05, 4.69) is 51.9 Å². The Morgan fingerprint density at radius 2 is 1.17 bits per heavy atom. The molecule has 0 aliphatic carbocycles. The van der Waals surface area contributed by atoms with Crippen LogP contribution >= 0.6 is 0 Å². The van der Waals surface area contributed by atoms with Crippen LogP contribution in [0.1, 0.15) is 17.3 Å². The quantitative estimate of drug-likeness (QED) is 0.787. The van der Waals surface area contributed by atoms with Gasteiger partial charge in [-0.25, -0.2) is 0 Å². The summed E-state index contributed by atoms with van der Waals surface area (Å²) in [4.78, 5) is 21.9. The minimum atomic E-state index is 0.174. The van der Waals surface area contributed by atoms with Crippen molar-refractivity contribution in [3.63, 3.8) is 0 Å². The number of rotatable bonds is 3. The summed E-state index contributed by atoms with van der Waals surface area (Å²) in [5.74, 6) is 0.174. The highest BCUT2D eigenvalue weighted by Crippen LogP contribution is 2.32. The number of Topliss-reactive ketones (excluding diaryl/α,β-unsaturated/α-hetero) is 1. The number of ketones is 1. The summed E-state index contributed by atoms with van der Waals surface area (Å²) in [6.45, 7) is 9.87. The van der Waals surface area contributed by atoms with Gasteiger partial charge in [-0.1, -0.05) is 6.07 Å². The Bertz CT molecular complexity index is 518. The molecule has 0 bridgehead atoms. The molecule has 0 N–H and O–H groups in total. The fourth-order valence-corrected chi connectivity index (χ4v) is 3.51. The molecule has 0 atom stereocenters. The van der Waals surface area contributed by atoms with Gasteiger partial charge in [0.05, 0.1) is 5.56 Å². The molecule has 1 aromatic carbocycles. The maximum absolute atomic E-state index is 12.4. The first kappa shape index (κ1) is 16.3. The molecule has 5 heteroatoms. The van der Waals surface area contributed by atoms with E-state index in [-0.39, 0.29) is 5.78 Å². The van der Waals surface area contributed by atoms with E-state index in [4.69, 9.17) is 0 Å². The van der Waals surface area contributed by atoms with Crippen molar-refractivity contribution in [2.24, 2.45) is 0 Å². The fraction of sp³-hybridized carbons (Fsp3) is 0.611. The van der Waals surface area contributed by atoms with E-state index < -0.39 is 0 Å². The molecule has 2 heterocycles. The molecule has 23 heavy (non-hydrogen) atoms. The first-order chi connectivity index (χ1) is 11.1. The second-order valence-electron chi connectivity index (χ2n) is 6.81. The summed E-state index contributed by atoms with van der Waals surface area (Å²) in [7, 11) is 4.31. The number of hydrogen-bond donors (Lipinski definition) is 0. The fourth-order valence-electron chi connectivity index (χ4n) is 3.51. The summed E-state index contributed by atoms with van der Waals surface area (Å²) in [5.41, 5.74) is 3.13. The highest BCUT2D eigenvalue weighted by Gasteiger charge is 2.24. The highest BCUT2D eigenvalue weighted by molar-refractivity contribution is 6.05. The Hall–Kier alpha value is -1.59. The zero-order valence-corrected chi connectivity index (χ0v) is 14.6. The van der Waals surface area contributed by atoms with Gasteiger partial charge in [0.2, 0.25) is 0 Å². The van der Waals surface area contributed by atoms with Crippen LogP contribution in [-0.2, 0) is 0 Å². The maximum atomic E-state index is 12.4. The SMILES string of the molecule is CC(=O)c1c(N2CCN(C)CC2)cccc1N1CCN(C)CC1. The van der Waals surface area contributed by atoms with Gasteiger partial charge in [0.1, 0.15) is 0 Å². The van der Waals surface area contributed by atoms with Crippen molar-refractivity contribution in [3.05, 3.63) is 23.8 Å². The van der Waals surface area contributed by atoms with Crippen LogP contribution in [0.4, 0.5) is 11.4 Å². The number of piperazine rings is 2. The van der Waals surface area contributed by atoms with E-state index in [0.29, 0.717) is 0 Å². The lowest BCUT2D eigenvalue weighted by atomic mass is 10.0. The first-order valence-corrected chi connectivity index (χ1v) is 8.57. The van der Waals surface area contributed by atoms with Crippen LogP contribution in [0.5, 0.6) is 0 Å². The standard InChI is InChI=1S/C18H28N4O/c1-15(23)18-16(21-11-7-19(2)8-12-21)5-4-6-17(18)22-13-9-20(3)10-14-22/h4-6H,7-14H2,1-3H3. The highest BCUT2D eigenvalue weighted by atomic mass is 16.1. The van der Waals surface area contributed by atoms with E-state index in [1.807, 2.05) is 0 Å². The van der Waals surface area contributed by atoms with Gasteiger partial charge in [0, 0.05) is 63.7 Å². The average molecular weight is 316 g/mol. The summed E-state index contributed by atoms with van der Waals surface area (Å²) < 4.78 is 0. The molecule has 0 saturated carbocycles. The summed E-state index contributed by atoms with van der Waals surface area (Å²) >= 11 is 0. The second-order valence-corrected chi connectivity index (χ2v) is 6.81. The predicted molar refractivity (Wildman–Crippen MR) is 95.9 cm³/mol. The van der Waals surface area contributed by atoms with Gasteiger partial charge in [0.25, 0.3) is 0 Å². The monoisotopic (exact) mass is 316 g/mol. The Labute approximate surface area is 139 Å². The van der Waals surface area contributed by atoms with Crippen LogP contribution in [0.25, 0.3) is 0 Å². The molecule has 0 aromatic heterocycles. The molecular weight excluding hydrogens is 288 g/mol. The van der Waals surface area contributed by atoms with Gasteiger partial charge >= 0.3 is 0 Å². The number of nitrogens with zero attached hydrogens (tertiary/aromatic N) is 4. The number of carbonyl (C=O) groups is 1. The first-order valence-electron chi connectivity index (χ1n) is 8.57. The topological polar surface area (TPSA) is 30.0 Å². The molecule has 0 radical (unpaired) electrons. The van der Waals surface area contributed by atoms with Gasteiger partial charge in [0.15, 0.2) is 5.78 Å². The molecule has 2 fully saturated rings. The van der Waals surface area contributed by atoms with E-state index in [9.17, 15) is 4.79 Å². The third kappa shape index (κ3) is 3.51. The normalized spacial score (nSPS) is 20.8. The van der Waals surface area contributed by atoms with Gasteiger partial charge < -0.3 is 19.6 Å². The molecule has 0 amide bonds. The summed E-state index contributed by atoms with van der Waals surface area (Å²) in [6.07, 6.45) is 0. The van der Waals surface area contributed by atoms with Gasteiger partial charge in [-0.15, -0.1) is 0 Å². The Kier molecular flexibility index (Phi) is 4.87. The molecule has 1 aromatic rings. The minimum absolute atomic E-state index is 0.174. The third-order valence-electron chi connectivity index (χ3n) is 5.06. The zero-order chi connectivity index (χ0) is 16.4. The van der Waals surface area contributed by atoms with Crippen LogP contribution in [-0.4, -0.2) is 82.0 Å². The van der Waals surface area contributed by atoms with Crippen LogP contribution in [0.15, 0.2) is 18.2 Å². The minimum Gasteiger partial charge on any atom is -0.368 e. The Balaban J connectivity index is 1.91. The molecule has 2 aliphatic rings. The molecule has 3 rings (SSSR count). The number of anilines is 2. The van der Waals surface area contributed by atoms with Crippen LogP contribution in [0.3, 0.4) is 0 Å². The largest absolute Gasteiger partial charge is 0.368 e. The smallest absolute Gasteiger partial charge is 0.163 e. The van der Waals surface area contributed by atoms with E-state index in [0.717, 1.165) is 69.3 Å². The van der Waals surface area contributed by atoms with Crippen molar-refractivity contribution in [1.29, 1.82) is 0 Å².